The second-order valence-electron chi connectivity index (χ2n) is 23.1. The quantitative estimate of drug-likeness (QED) is 0.0291. The fourth-order valence-electron chi connectivity index (χ4n) is 11.1. The van der Waals surface area contributed by atoms with Crippen LogP contribution in [-0.2, 0) is 49.5 Å². The van der Waals surface area contributed by atoms with Gasteiger partial charge >= 0.3 is 11.9 Å². The number of likely N-dealkylation sites (tertiary alicyclic amines) is 2. The fraction of sp³-hybridized carbons (Fsp3) is 0.700. The van der Waals surface area contributed by atoms with Crippen LogP contribution >= 0.6 is 23.1 Å². The molecule has 0 radical (unpaired) electrons. The summed E-state index contributed by atoms with van der Waals surface area (Å²) in [5.74, 6) is -4.56. The van der Waals surface area contributed by atoms with E-state index in [9.17, 15) is 48.3 Å². The minimum absolute atomic E-state index is 0.0453. The average Bonchev–Trinajstić information content (AvgIpc) is 4.05. The van der Waals surface area contributed by atoms with Gasteiger partial charge in [-0.3, -0.25) is 53.0 Å². The molecule has 0 bridgehead atoms. The molecule has 1 aromatic carbocycles. The molecule has 1 aromatic heterocycles. The van der Waals surface area contributed by atoms with Crippen molar-refractivity contribution in [1.29, 1.82) is 0 Å². The van der Waals surface area contributed by atoms with E-state index in [0.29, 0.717) is 48.2 Å². The number of unbranched alkanes of at least 4 members (excludes halogenated alkanes) is 2. The molecule has 5 N–H and O–H groups in total. The molecule has 81 heavy (non-hydrogen) atoms. The lowest BCUT2D eigenvalue weighted by Gasteiger charge is -2.38. The van der Waals surface area contributed by atoms with E-state index in [1.165, 1.54) is 56.8 Å². The molecule has 3 heterocycles. The predicted octanol–water partition coefficient (Wildman–Crippen LogP) is 8.46. The van der Waals surface area contributed by atoms with Gasteiger partial charge in [-0.2, -0.15) is 0 Å². The Balaban J connectivity index is 1.10. The third-order valence-corrected chi connectivity index (χ3v) is 18.7. The topological polar surface area (TPSA) is 254 Å². The molecule has 7 amide bonds. The molecule has 3 fully saturated rings. The highest BCUT2D eigenvalue weighted by molar-refractivity contribution is 8.01. The molecule has 450 valence electrons. The zero-order chi connectivity index (χ0) is 59.2. The number of aromatic nitrogens is 1. The lowest BCUT2D eigenvalue weighted by Crippen LogP contribution is -2.58. The molecule has 1 saturated carbocycles. The maximum Gasteiger partial charge on any atom is 0.306 e. The van der Waals surface area contributed by atoms with E-state index in [1.807, 2.05) is 39.6 Å². The van der Waals surface area contributed by atoms with Gasteiger partial charge in [0, 0.05) is 68.2 Å². The molecule has 8 atom stereocenters. The summed E-state index contributed by atoms with van der Waals surface area (Å²) in [5, 5.41) is 23.3. The second-order valence-corrected chi connectivity index (χ2v) is 25.5. The molecule has 2 unspecified atom stereocenters. The Morgan fingerprint density at radius 2 is 1.53 bits per heavy atom. The zero-order valence-corrected chi connectivity index (χ0v) is 50.9. The van der Waals surface area contributed by atoms with Crippen LogP contribution in [0.4, 0.5) is 5.69 Å². The summed E-state index contributed by atoms with van der Waals surface area (Å²) in [6.45, 7) is 11.6. The van der Waals surface area contributed by atoms with Gasteiger partial charge in [-0.25, -0.2) is 4.98 Å². The maximum absolute atomic E-state index is 14.4. The largest absolute Gasteiger partial charge is 0.481 e. The van der Waals surface area contributed by atoms with Crippen LogP contribution in [-0.4, -0.2) is 146 Å². The SMILES string of the molecule is CC[C@H](C)[C@H](NC(=O)[C@H]1CCCCN1C)C(=O)N(C)[C@H](C[C@@H](OC(C)=O)c1nc(C(=O)N[C@@H](Cc2ccc(NC(=O)CNC(=O)CCCCCN3C(=O)CC(SC4CCCCCCCCC4)C3=O)cc2)CC(C)C(=O)O)cs1)C(C)C. The number of nitrogens with one attached hydrogen (secondary N) is 4. The first-order valence-electron chi connectivity index (χ1n) is 29.7. The number of piperidine rings is 1. The minimum atomic E-state index is -1.03. The number of nitrogens with zero attached hydrogens (tertiary/aromatic N) is 4. The number of rotatable bonds is 29. The number of carboxylic acid groups (broad SMARTS) is 1. The van der Waals surface area contributed by atoms with Crippen LogP contribution in [0.5, 0.6) is 0 Å². The van der Waals surface area contributed by atoms with Crippen molar-refractivity contribution in [3.05, 3.63) is 45.9 Å². The molecule has 3 aliphatic rings. The van der Waals surface area contributed by atoms with Crippen molar-refractivity contribution in [1.82, 2.24) is 35.6 Å². The summed E-state index contributed by atoms with van der Waals surface area (Å²) in [4.78, 5) is 128. The number of thioether (sulfide) groups is 1. The van der Waals surface area contributed by atoms with Crippen LogP contribution in [0.15, 0.2) is 29.6 Å². The smallest absolute Gasteiger partial charge is 0.306 e. The lowest BCUT2D eigenvalue weighted by atomic mass is 9.92. The highest BCUT2D eigenvalue weighted by Gasteiger charge is 2.40. The van der Waals surface area contributed by atoms with Gasteiger partial charge in [0.15, 0.2) is 6.10 Å². The van der Waals surface area contributed by atoms with Crippen LogP contribution in [0.25, 0.3) is 0 Å². The van der Waals surface area contributed by atoms with Gasteiger partial charge in [-0.1, -0.05) is 111 Å². The molecule has 19 nitrogen and oxygen atoms in total. The van der Waals surface area contributed by atoms with Gasteiger partial charge in [0.05, 0.1) is 23.8 Å². The van der Waals surface area contributed by atoms with E-state index in [4.69, 9.17) is 4.74 Å². The second kappa shape index (κ2) is 33.6. The Morgan fingerprint density at radius 1 is 0.864 bits per heavy atom. The average molecular weight is 1170 g/mol. The van der Waals surface area contributed by atoms with Crippen LogP contribution in [0, 0.1) is 17.8 Å². The minimum Gasteiger partial charge on any atom is -0.481 e. The number of anilines is 1. The summed E-state index contributed by atoms with van der Waals surface area (Å²) < 4.78 is 5.82. The molecule has 21 heteroatoms. The summed E-state index contributed by atoms with van der Waals surface area (Å²) in [6, 6.07) is 4.69. The van der Waals surface area contributed by atoms with Crippen LogP contribution in [0.3, 0.4) is 0 Å². The first-order chi connectivity index (χ1) is 38.6. The van der Waals surface area contributed by atoms with E-state index < -0.39 is 53.9 Å². The van der Waals surface area contributed by atoms with E-state index in [2.05, 4.69) is 26.3 Å². The molecule has 1 aliphatic carbocycles. The van der Waals surface area contributed by atoms with E-state index in [-0.39, 0.29) is 97.0 Å². The number of hydrogen-bond acceptors (Lipinski definition) is 14. The van der Waals surface area contributed by atoms with Gasteiger partial charge in [-0.05, 0) is 94.5 Å². The zero-order valence-electron chi connectivity index (χ0n) is 49.3. The molecule has 0 spiro atoms. The van der Waals surface area contributed by atoms with Gasteiger partial charge in [0.2, 0.25) is 35.4 Å². The Labute approximate surface area is 488 Å². The van der Waals surface area contributed by atoms with Gasteiger partial charge in [-0.15, -0.1) is 23.1 Å². The third-order valence-electron chi connectivity index (χ3n) is 16.2. The van der Waals surface area contributed by atoms with Crippen molar-refractivity contribution in [3.8, 4) is 0 Å². The summed E-state index contributed by atoms with van der Waals surface area (Å²) in [6.07, 6.45) is 16.1. The van der Waals surface area contributed by atoms with Crippen molar-refractivity contribution in [2.75, 3.05) is 39.0 Å². The molecular weight excluding hydrogens is 1070 g/mol. The Hall–Kier alpha value is -5.41. The van der Waals surface area contributed by atoms with Gasteiger partial charge < -0.3 is 36.0 Å². The van der Waals surface area contributed by atoms with Crippen molar-refractivity contribution in [3.63, 3.8) is 0 Å². The number of carbonyl (C=O) groups excluding carboxylic acids is 8. The Bertz CT molecular complexity index is 2410. The first kappa shape index (κ1) is 66.4. The number of carbonyl (C=O) groups is 9. The summed E-state index contributed by atoms with van der Waals surface area (Å²) in [7, 11) is 3.62. The van der Waals surface area contributed by atoms with Crippen LogP contribution in [0.2, 0.25) is 0 Å². The maximum atomic E-state index is 14.4. The monoisotopic (exact) mass is 1160 g/mol. The van der Waals surface area contributed by atoms with E-state index in [1.54, 1.807) is 60.3 Å². The molecule has 2 aliphatic heterocycles. The standard InChI is InChI=1S/C60H92N8O11S2/c1-9-39(4)54(65-56(74)47-24-19-21-30-66(47)7)59(76)67(8)48(38(2)3)34-49(79-41(6)69)57-64-46(37-80-57)55(73)63-44(32-40(5)60(77)78)33-42-26-28-43(29-27-42)62-52(71)36-61-51(70)25-18-15-20-31-68-53(72)35-50(58(68)75)81-45-22-16-13-11-10-12-14-17-23-45/h26-29,37-40,44-45,47-50,54H,9-25,30-36H2,1-8H3,(H,61,70)(H,62,71)(H,63,73)(H,65,74)(H,77,78)/t39-,40?,44+,47+,48+,49+,50?,54-/m0/s1. The van der Waals surface area contributed by atoms with Gasteiger partial charge in [0.25, 0.3) is 5.91 Å². The highest BCUT2D eigenvalue weighted by Crippen LogP contribution is 2.35. The van der Waals surface area contributed by atoms with E-state index in [0.717, 1.165) is 55.5 Å². The molecular formula is C60H92N8O11S2. The molecule has 2 saturated heterocycles. The van der Waals surface area contributed by atoms with Crippen molar-refractivity contribution in [2.24, 2.45) is 17.8 Å². The number of ether oxygens (including phenoxy) is 1. The number of carboxylic acids is 1. The number of likely N-dealkylation sites (N-methyl/N-ethyl adjacent to an activating group) is 2. The summed E-state index contributed by atoms with van der Waals surface area (Å²) >= 11 is 2.83. The lowest BCUT2D eigenvalue weighted by molar-refractivity contribution is -0.149. The number of thiazole rings is 1. The third kappa shape index (κ3) is 21.4. The van der Waals surface area contributed by atoms with Crippen molar-refractivity contribution in [2.45, 2.75) is 217 Å². The number of amides is 7. The Kier molecular flexibility index (Phi) is 27.6. The van der Waals surface area contributed by atoms with Crippen LogP contribution in [0.1, 0.15) is 197 Å². The van der Waals surface area contributed by atoms with Crippen molar-refractivity contribution >= 4 is 82.1 Å². The normalized spacial score (nSPS) is 19.8. The number of hydrogen-bond donors (Lipinski definition) is 5. The first-order valence-corrected chi connectivity index (χ1v) is 31.6. The van der Waals surface area contributed by atoms with E-state index >= 15 is 0 Å². The number of imide groups is 1. The van der Waals surface area contributed by atoms with Gasteiger partial charge in [0.1, 0.15) is 16.7 Å². The highest BCUT2D eigenvalue weighted by atomic mass is 32.2. The summed E-state index contributed by atoms with van der Waals surface area (Å²) in [5.41, 5.74) is 1.27. The predicted molar refractivity (Wildman–Crippen MR) is 315 cm³/mol. The fourth-order valence-corrected chi connectivity index (χ4v) is 13.5. The number of benzene rings is 1. The molecule has 5 rings (SSSR count). The molecule has 2 aromatic rings. The Morgan fingerprint density at radius 3 is 2.16 bits per heavy atom. The van der Waals surface area contributed by atoms with Crippen molar-refractivity contribution < 1.29 is 53.0 Å². The number of aliphatic carboxylic acids is 1. The van der Waals surface area contributed by atoms with Crippen LogP contribution < -0.4 is 21.3 Å². The number of esters is 1.